The number of rotatable bonds is 17. The van der Waals surface area contributed by atoms with Gasteiger partial charge < -0.3 is 65.6 Å². The number of nitrogens with zero attached hydrogens (tertiary/aromatic N) is 9. The normalized spacial score (nSPS) is 27.9. The van der Waals surface area contributed by atoms with Gasteiger partial charge in [0.1, 0.15) is 66.5 Å². The second-order valence-corrected chi connectivity index (χ2v) is 28.8. The monoisotopic (exact) mass is 1320 g/mol. The van der Waals surface area contributed by atoms with Crippen LogP contribution in [0.4, 0.5) is 0 Å². The van der Waals surface area contributed by atoms with Crippen LogP contribution in [0.3, 0.4) is 0 Å². The van der Waals surface area contributed by atoms with Crippen LogP contribution in [0.25, 0.3) is 0 Å². The van der Waals surface area contributed by atoms with E-state index >= 15 is 28.8 Å². The number of aliphatic hydroxyl groups excluding tert-OH is 1. The number of aliphatic hydroxyl groups is 1. The minimum atomic E-state index is -1.64. The molecule has 2 aliphatic rings. The fraction of sp³-hybridized carbons (Fsp3) is 0.797. The number of likely N-dealkylation sites (tertiary alicyclic amines) is 1. The largest absolute Gasteiger partial charge is 0.390 e. The molecule has 5 N–H and O–H groups in total. The molecule has 0 aromatic rings. The Morgan fingerprint density at radius 2 is 0.968 bits per heavy atom. The standard InChI is InChI=1S/C69H121N13O12/c1-25-27-28-45(14)58(83)57-62(87)73-50(26-2)65(90)75(18)48(17)64(89)80(23)56(44(13)29-32-82-33-30-49(38-70)31-34-82)61(86)74-54(42(9)10)68(93)76(19)51(35-39(3)4)60(85)71-46(15)59(84)72-47(16)63(88)77(20)52(36-40(5)6)66(91)78(21)53(37-41(7)8)67(92)79(22)55(43(11)12)69(94)81(57)24/h25,27,39-58,83H,26,28-37H2,1-24H3,(H,71,85)(H,72,84)(H,73,87)(H,74,86)/b27-25+/t44-,45-,46+,47-,48-,50+,51+,52+,53+,54+,55+,56+,57+,58-/m1/s1. The SMILES string of the molecule is C/C=C/C[C@@H](C)[C@@H](O)[C@H]1C(=O)N[C@@H](CC)C(=O)N(C)[C@H](C)C(=O)N(C)[C@@H]([C@H](C)CCN2CCC(C#N)CC2)C(=O)N[C@@H](C(C)C)C(=O)N(C)[C@@H](CC(C)C)C(=O)N[C@@H](C)C(=O)N[C@H](C)C(=O)N(C)[C@@H](CC(C)C)C(=O)N(C)[C@@H](CC(C)C)C(=O)N(C)[C@@H](C(C)C)C(=O)N1C. The van der Waals surface area contributed by atoms with Crippen LogP contribution >= 0.6 is 0 Å². The minimum Gasteiger partial charge on any atom is -0.390 e. The van der Waals surface area contributed by atoms with Gasteiger partial charge in [-0.05, 0) is 140 Å². The molecule has 94 heavy (non-hydrogen) atoms. The maximum absolute atomic E-state index is 15.3. The van der Waals surface area contributed by atoms with Crippen LogP contribution < -0.4 is 21.3 Å². The number of hydrogen-bond acceptors (Lipinski definition) is 14. The number of likely N-dealkylation sites (N-methyl/N-ethyl adjacent to an activating group) is 7. The zero-order valence-electron chi connectivity index (χ0n) is 61.4. The maximum atomic E-state index is 15.3. The van der Waals surface area contributed by atoms with Crippen LogP contribution in [0.1, 0.15) is 169 Å². The van der Waals surface area contributed by atoms with Crippen molar-refractivity contribution >= 4 is 65.0 Å². The highest BCUT2D eigenvalue weighted by molar-refractivity contribution is 6.00. The summed E-state index contributed by atoms with van der Waals surface area (Å²) in [5.41, 5.74) is 0. The van der Waals surface area contributed by atoms with Gasteiger partial charge in [0.05, 0.1) is 12.2 Å². The average Bonchev–Trinajstić information content (AvgIpc) is 0.812. The highest BCUT2D eigenvalue weighted by Crippen LogP contribution is 2.27. The van der Waals surface area contributed by atoms with Crippen molar-refractivity contribution in [2.75, 3.05) is 69.0 Å². The van der Waals surface area contributed by atoms with E-state index in [-0.39, 0.29) is 49.4 Å². The first kappa shape index (κ1) is 83.4. The predicted molar refractivity (Wildman–Crippen MR) is 362 cm³/mol. The van der Waals surface area contributed by atoms with Gasteiger partial charge in [0.2, 0.25) is 65.0 Å². The molecule has 11 amide bonds. The topological polar surface area (TPSA) is 306 Å². The number of nitrogens with one attached hydrogen (secondary N) is 4. The molecule has 2 fully saturated rings. The number of carbonyl (C=O) groups excluding carboxylic acids is 11. The van der Waals surface area contributed by atoms with E-state index in [1.807, 2.05) is 54.5 Å². The van der Waals surface area contributed by atoms with Crippen molar-refractivity contribution in [1.82, 2.24) is 60.5 Å². The molecule has 14 atom stereocenters. The zero-order valence-corrected chi connectivity index (χ0v) is 61.4. The summed E-state index contributed by atoms with van der Waals surface area (Å²) in [5.74, 6) is -10.5. The quantitative estimate of drug-likeness (QED) is 0.129. The summed E-state index contributed by atoms with van der Waals surface area (Å²) in [7, 11) is 9.98. The number of hydrogen-bond donors (Lipinski definition) is 5. The highest BCUT2D eigenvalue weighted by atomic mass is 16.3. The maximum Gasteiger partial charge on any atom is 0.246 e. The van der Waals surface area contributed by atoms with Crippen molar-refractivity contribution in [1.29, 1.82) is 5.26 Å². The molecule has 2 rings (SSSR count). The highest BCUT2D eigenvalue weighted by Gasteiger charge is 2.46. The Labute approximate surface area is 562 Å². The van der Waals surface area contributed by atoms with E-state index in [4.69, 9.17) is 0 Å². The summed E-state index contributed by atoms with van der Waals surface area (Å²) < 4.78 is 0. The molecule has 2 saturated heterocycles. The van der Waals surface area contributed by atoms with Crippen LogP contribution in [0.2, 0.25) is 0 Å². The van der Waals surface area contributed by atoms with Gasteiger partial charge in [-0.3, -0.25) is 52.7 Å². The van der Waals surface area contributed by atoms with Crippen molar-refractivity contribution in [3.8, 4) is 6.07 Å². The van der Waals surface area contributed by atoms with E-state index in [0.29, 0.717) is 45.3 Å². The lowest BCUT2D eigenvalue weighted by Gasteiger charge is -2.41. The molecule has 0 saturated carbocycles. The Morgan fingerprint density at radius 3 is 1.45 bits per heavy atom. The lowest BCUT2D eigenvalue weighted by molar-refractivity contribution is -0.157. The van der Waals surface area contributed by atoms with Crippen LogP contribution in [0, 0.1) is 58.7 Å². The Hall–Kier alpha value is -6.68. The van der Waals surface area contributed by atoms with Crippen LogP contribution in [-0.2, 0) is 52.7 Å². The minimum absolute atomic E-state index is 0.00290. The summed E-state index contributed by atoms with van der Waals surface area (Å²) in [6, 6.07) is -11.6. The Kier molecular flexibility index (Phi) is 33.9. The molecule has 0 bridgehead atoms. The van der Waals surface area contributed by atoms with E-state index in [2.05, 4.69) is 32.2 Å². The third kappa shape index (κ3) is 22.5. The van der Waals surface area contributed by atoms with E-state index in [1.54, 1.807) is 54.5 Å². The van der Waals surface area contributed by atoms with Gasteiger partial charge in [-0.2, -0.15) is 5.26 Å². The van der Waals surface area contributed by atoms with E-state index in [0.717, 1.165) is 9.80 Å². The van der Waals surface area contributed by atoms with Crippen LogP contribution in [0.15, 0.2) is 12.2 Å². The molecular weight excluding hydrogens is 1200 g/mol. The lowest BCUT2D eigenvalue weighted by atomic mass is 9.91. The van der Waals surface area contributed by atoms with Crippen molar-refractivity contribution in [3.63, 3.8) is 0 Å². The number of amides is 11. The van der Waals surface area contributed by atoms with Gasteiger partial charge in [0.25, 0.3) is 0 Å². The number of piperidine rings is 1. The van der Waals surface area contributed by atoms with E-state index in [1.165, 1.54) is 94.6 Å². The fourth-order valence-corrected chi connectivity index (χ4v) is 12.6. The lowest BCUT2D eigenvalue weighted by Crippen LogP contribution is -2.64. The number of allylic oxidation sites excluding steroid dienone is 2. The summed E-state index contributed by atoms with van der Waals surface area (Å²) in [5, 5.41) is 33.0. The van der Waals surface area contributed by atoms with E-state index in [9.17, 15) is 34.3 Å². The summed E-state index contributed by atoms with van der Waals surface area (Å²) in [6.45, 7) is 31.3. The third-order valence-corrected chi connectivity index (χ3v) is 19.0. The zero-order chi connectivity index (χ0) is 72.2. The molecular formula is C69H121N13O12. The van der Waals surface area contributed by atoms with Gasteiger partial charge in [-0.1, -0.05) is 102 Å². The molecule has 534 valence electrons. The first-order chi connectivity index (χ1) is 43.6. The molecule has 0 aromatic carbocycles. The Bertz CT molecular complexity index is 2650. The molecule has 0 aromatic heterocycles. The van der Waals surface area contributed by atoms with Crippen molar-refractivity contribution in [3.05, 3.63) is 12.2 Å². The summed E-state index contributed by atoms with van der Waals surface area (Å²) >= 11 is 0. The molecule has 0 aliphatic carbocycles. The smallest absolute Gasteiger partial charge is 0.246 e. The molecule has 25 nitrogen and oxygen atoms in total. The second kappa shape index (κ2) is 38.2. The van der Waals surface area contributed by atoms with Crippen molar-refractivity contribution in [2.45, 2.75) is 242 Å². The summed E-state index contributed by atoms with van der Waals surface area (Å²) in [6.07, 6.45) is 4.55. The molecule has 25 heteroatoms. The fourth-order valence-electron chi connectivity index (χ4n) is 12.6. The van der Waals surface area contributed by atoms with Gasteiger partial charge >= 0.3 is 0 Å². The number of nitriles is 1. The second-order valence-electron chi connectivity index (χ2n) is 28.8. The number of carbonyl (C=O) groups is 11. The van der Waals surface area contributed by atoms with Gasteiger partial charge in [-0.15, -0.1) is 0 Å². The van der Waals surface area contributed by atoms with E-state index < -0.39 is 161 Å². The van der Waals surface area contributed by atoms with Gasteiger partial charge in [-0.25, -0.2) is 0 Å². The molecule has 2 heterocycles. The summed E-state index contributed by atoms with van der Waals surface area (Å²) in [4.78, 5) is 174. The van der Waals surface area contributed by atoms with Crippen molar-refractivity contribution in [2.24, 2.45) is 47.3 Å². The predicted octanol–water partition coefficient (Wildman–Crippen LogP) is 3.87. The molecule has 0 unspecified atom stereocenters. The molecule has 0 radical (unpaired) electrons. The average molecular weight is 1320 g/mol. The first-order valence-electron chi connectivity index (χ1n) is 34.1. The van der Waals surface area contributed by atoms with Crippen molar-refractivity contribution < 1.29 is 57.8 Å². The first-order valence-corrected chi connectivity index (χ1v) is 34.1. The van der Waals surface area contributed by atoms with Gasteiger partial charge in [0, 0.05) is 55.3 Å². The Morgan fingerprint density at radius 1 is 0.511 bits per heavy atom. The van der Waals surface area contributed by atoms with Crippen LogP contribution in [-0.4, -0.2) is 251 Å². The van der Waals surface area contributed by atoms with Gasteiger partial charge in [0.15, 0.2) is 0 Å². The molecule has 0 spiro atoms. The van der Waals surface area contributed by atoms with Crippen LogP contribution in [0.5, 0.6) is 0 Å². The Balaban J connectivity index is 3.04. The third-order valence-electron chi connectivity index (χ3n) is 19.0. The molecule has 2 aliphatic heterocycles.